The van der Waals surface area contributed by atoms with Gasteiger partial charge in [0.1, 0.15) is 0 Å². The van der Waals surface area contributed by atoms with Crippen LogP contribution in [0.2, 0.25) is 0 Å². The Labute approximate surface area is 81.0 Å². The number of rotatable bonds is 5. The maximum atomic E-state index is 11.1. The largest absolute Gasteiger partial charge is 0.377 e. The molecule has 0 heterocycles. The van der Waals surface area contributed by atoms with E-state index >= 15 is 0 Å². The summed E-state index contributed by atoms with van der Waals surface area (Å²) in [5.74, 6) is 0.135. The number of hydrogen-bond donors (Lipinski definition) is 0. The SMILES string of the molecule is CCCC(OC)C(C)=C(C)C(C)=O. The quantitative estimate of drug-likeness (QED) is 0.614. The summed E-state index contributed by atoms with van der Waals surface area (Å²) in [5, 5.41) is 0. The molecule has 0 aromatic carbocycles. The predicted octanol–water partition coefficient (Wildman–Crippen LogP) is 2.73. The van der Waals surface area contributed by atoms with Crippen LogP contribution in [-0.4, -0.2) is 19.0 Å². The van der Waals surface area contributed by atoms with Crippen LogP contribution < -0.4 is 0 Å². The molecule has 0 aliphatic heterocycles. The van der Waals surface area contributed by atoms with Crippen LogP contribution in [0.4, 0.5) is 0 Å². The topological polar surface area (TPSA) is 26.3 Å². The third kappa shape index (κ3) is 3.73. The zero-order valence-corrected chi connectivity index (χ0v) is 9.31. The van der Waals surface area contributed by atoms with E-state index in [0.717, 1.165) is 24.0 Å². The number of allylic oxidation sites excluding steroid dienone is 1. The molecule has 0 saturated heterocycles. The molecule has 1 atom stereocenters. The van der Waals surface area contributed by atoms with E-state index in [1.54, 1.807) is 14.0 Å². The van der Waals surface area contributed by atoms with E-state index in [1.807, 2.05) is 13.8 Å². The van der Waals surface area contributed by atoms with Crippen molar-refractivity contribution in [3.05, 3.63) is 11.1 Å². The van der Waals surface area contributed by atoms with Gasteiger partial charge in [0, 0.05) is 7.11 Å². The minimum Gasteiger partial charge on any atom is -0.377 e. The summed E-state index contributed by atoms with van der Waals surface area (Å²) in [6.45, 7) is 7.54. The highest BCUT2D eigenvalue weighted by molar-refractivity contribution is 5.93. The number of ether oxygens (including phenoxy) is 1. The summed E-state index contributed by atoms with van der Waals surface area (Å²) in [6.07, 6.45) is 2.16. The fourth-order valence-corrected chi connectivity index (χ4v) is 1.29. The van der Waals surface area contributed by atoms with E-state index in [9.17, 15) is 4.79 Å². The molecule has 13 heavy (non-hydrogen) atoms. The van der Waals surface area contributed by atoms with Crippen molar-refractivity contribution >= 4 is 5.78 Å². The molecule has 0 aromatic rings. The van der Waals surface area contributed by atoms with Crippen molar-refractivity contribution in [3.63, 3.8) is 0 Å². The summed E-state index contributed by atoms with van der Waals surface area (Å²) in [5.41, 5.74) is 1.90. The smallest absolute Gasteiger partial charge is 0.155 e. The van der Waals surface area contributed by atoms with Crippen molar-refractivity contribution < 1.29 is 9.53 Å². The molecular formula is C11H20O2. The highest BCUT2D eigenvalue weighted by Gasteiger charge is 2.12. The van der Waals surface area contributed by atoms with Gasteiger partial charge >= 0.3 is 0 Å². The lowest BCUT2D eigenvalue weighted by atomic mass is 10.00. The Kier molecular flexibility index (Phi) is 5.63. The van der Waals surface area contributed by atoms with E-state index in [-0.39, 0.29) is 11.9 Å². The Morgan fingerprint density at radius 2 is 1.85 bits per heavy atom. The summed E-state index contributed by atoms with van der Waals surface area (Å²) < 4.78 is 5.31. The number of Topliss-reactive ketones (excluding diaryl/α,β-unsaturated/α-hetero) is 1. The van der Waals surface area contributed by atoms with E-state index in [0.29, 0.717) is 0 Å². The Morgan fingerprint density at radius 1 is 1.31 bits per heavy atom. The molecule has 0 aliphatic rings. The third-order valence-corrected chi connectivity index (χ3v) is 2.44. The third-order valence-electron chi connectivity index (χ3n) is 2.44. The summed E-state index contributed by atoms with van der Waals surface area (Å²) in [4.78, 5) is 11.1. The number of hydrogen-bond acceptors (Lipinski definition) is 2. The van der Waals surface area contributed by atoms with E-state index < -0.39 is 0 Å². The minimum atomic E-state index is 0.105. The maximum absolute atomic E-state index is 11.1. The van der Waals surface area contributed by atoms with Gasteiger partial charge in [-0.3, -0.25) is 4.79 Å². The van der Waals surface area contributed by atoms with Gasteiger partial charge in [-0.25, -0.2) is 0 Å². The molecular weight excluding hydrogens is 164 g/mol. The molecule has 0 saturated carbocycles. The number of ketones is 1. The van der Waals surface area contributed by atoms with E-state index in [4.69, 9.17) is 4.74 Å². The first-order chi connectivity index (χ1) is 6.04. The summed E-state index contributed by atoms with van der Waals surface area (Å²) in [6, 6.07) is 0. The van der Waals surface area contributed by atoms with Crippen LogP contribution in [0.1, 0.15) is 40.5 Å². The van der Waals surface area contributed by atoms with Gasteiger partial charge in [0.25, 0.3) is 0 Å². The van der Waals surface area contributed by atoms with Gasteiger partial charge in [-0.2, -0.15) is 0 Å². The first kappa shape index (κ1) is 12.4. The van der Waals surface area contributed by atoms with Gasteiger partial charge in [0.2, 0.25) is 0 Å². The van der Waals surface area contributed by atoms with Gasteiger partial charge < -0.3 is 4.74 Å². The second-order valence-corrected chi connectivity index (χ2v) is 3.38. The molecule has 0 N–H and O–H groups in total. The standard InChI is InChI=1S/C11H20O2/c1-6-7-11(13-5)9(3)8(2)10(4)12/h11H,6-7H2,1-5H3. The first-order valence-electron chi connectivity index (χ1n) is 4.75. The van der Waals surface area contributed by atoms with Crippen molar-refractivity contribution in [1.82, 2.24) is 0 Å². The molecule has 0 aromatic heterocycles. The van der Waals surface area contributed by atoms with Gasteiger partial charge in [0.05, 0.1) is 6.10 Å². The average molecular weight is 184 g/mol. The summed E-state index contributed by atoms with van der Waals surface area (Å²) >= 11 is 0. The molecule has 0 aliphatic carbocycles. The lowest BCUT2D eigenvalue weighted by molar-refractivity contribution is -0.113. The predicted molar refractivity (Wildman–Crippen MR) is 54.8 cm³/mol. The Hall–Kier alpha value is -0.630. The fourth-order valence-electron chi connectivity index (χ4n) is 1.29. The zero-order valence-electron chi connectivity index (χ0n) is 9.31. The van der Waals surface area contributed by atoms with Gasteiger partial charge in [-0.1, -0.05) is 13.3 Å². The lowest BCUT2D eigenvalue weighted by Crippen LogP contribution is -2.14. The lowest BCUT2D eigenvalue weighted by Gasteiger charge is -2.16. The Morgan fingerprint density at radius 3 is 2.15 bits per heavy atom. The van der Waals surface area contributed by atoms with Crippen LogP contribution in [0.15, 0.2) is 11.1 Å². The van der Waals surface area contributed by atoms with Crippen LogP contribution in [0.3, 0.4) is 0 Å². The van der Waals surface area contributed by atoms with E-state index in [2.05, 4.69) is 6.92 Å². The molecule has 0 spiro atoms. The second-order valence-electron chi connectivity index (χ2n) is 3.38. The van der Waals surface area contributed by atoms with E-state index in [1.165, 1.54) is 0 Å². The molecule has 0 rings (SSSR count). The maximum Gasteiger partial charge on any atom is 0.155 e. The van der Waals surface area contributed by atoms with Gasteiger partial charge in [-0.15, -0.1) is 0 Å². The molecule has 2 nitrogen and oxygen atoms in total. The highest BCUT2D eigenvalue weighted by atomic mass is 16.5. The van der Waals surface area contributed by atoms with Crippen molar-refractivity contribution in [1.29, 1.82) is 0 Å². The second kappa shape index (κ2) is 5.92. The number of carbonyl (C=O) groups is 1. The highest BCUT2D eigenvalue weighted by Crippen LogP contribution is 2.16. The molecule has 1 unspecified atom stereocenters. The normalized spacial score (nSPS) is 15.2. The monoisotopic (exact) mass is 184 g/mol. The molecule has 0 bridgehead atoms. The van der Waals surface area contributed by atoms with Crippen molar-refractivity contribution in [2.24, 2.45) is 0 Å². The zero-order chi connectivity index (χ0) is 10.4. The average Bonchev–Trinajstić information content (AvgIpc) is 2.11. The minimum absolute atomic E-state index is 0.105. The first-order valence-corrected chi connectivity index (χ1v) is 4.75. The van der Waals surface area contributed by atoms with Crippen LogP contribution >= 0.6 is 0 Å². The molecule has 0 radical (unpaired) electrons. The number of methoxy groups -OCH3 is 1. The molecule has 2 heteroatoms. The van der Waals surface area contributed by atoms with Gasteiger partial charge in [-0.05, 0) is 38.3 Å². The molecule has 0 amide bonds. The summed E-state index contributed by atoms with van der Waals surface area (Å²) in [7, 11) is 1.69. The van der Waals surface area contributed by atoms with Crippen LogP contribution in [0, 0.1) is 0 Å². The Bertz CT molecular complexity index is 204. The van der Waals surface area contributed by atoms with Crippen LogP contribution in [0.25, 0.3) is 0 Å². The Balaban J connectivity index is 4.59. The van der Waals surface area contributed by atoms with Crippen molar-refractivity contribution in [3.8, 4) is 0 Å². The van der Waals surface area contributed by atoms with Gasteiger partial charge in [0.15, 0.2) is 5.78 Å². The van der Waals surface area contributed by atoms with Crippen molar-refractivity contribution in [2.45, 2.75) is 46.6 Å². The molecule has 76 valence electrons. The number of carbonyl (C=O) groups excluding carboxylic acids is 1. The molecule has 0 fully saturated rings. The van der Waals surface area contributed by atoms with Crippen LogP contribution in [0.5, 0.6) is 0 Å². The van der Waals surface area contributed by atoms with Crippen molar-refractivity contribution in [2.75, 3.05) is 7.11 Å². The van der Waals surface area contributed by atoms with Crippen LogP contribution in [-0.2, 0) is 9.53 Å². The fraction of sp³-hybridized carbons (Fsp3) is 0.727.